The second-order valence-corrected chi connectivity index (χ2v) is 5.36. The summed E-state index contributed by atoms with van der Waals surface area (Å²) in [6, 6.07) is 0. The highest BCUT2D eigenvalue weighted by Gasteiger charge is 2.41. The molecular formula is C13H25NO2. The van der Waals surface area contributed by atoms with E-state index in [9.17, 15) is 4.79 Å². The number of hydrogen-bond donors (Lipinski definition) is 1. The van der Waals surface area contributed by atoms with Crippen molar-refractivity contribution in [3.63, 3.8) is 0 Å². The van der Waals surface area contributed by atoms with Crippen LogP contribution in [-0.2, 0) is 9.53 Å². The van der Waals surface area contributed by atoms with Crippen molar-refractivity contribution in [1.82, 2.24) is 0 Å². The monoisotopic (exact) mass is 227 g/mol. The zero-order valence-electron chi connectivity index (χ0n) is 10.6. The predicted octanol–water partition coefficient (Wildman–Crippen LogP) is 2.48. The van der Waals surface area contributed by atoms with Gasteiger partial charge in [-0.2, -0.15) is 0 Å². The number of esters is 1. The van der Waals surface area contributed by atoms with Crippen LogP contribution in [0.4, 0.5) is 0 Å². The number of ether oxygens (including phenoxy) is 1. The number of carbonyl (C=O) groups excluding carboxylic acids is 1. The van der Waals surface area contributed by atoms with E-state index >= 15 is 0 Å². The summed E-state index contributed by atoms with van der Waals surface area (Å²) in [6.07, 6.45) is 6.11. The van der Waals surface area contributed by atoms with Gasteiger partial charge in [0.2, 0.25) is 0 Å². The van der Waals surface area contributed by atoms with Crippen LogP contribution in [0.5, 0.6) is 0 Å². The summed E-state index contributed by atoms with van der Waals surface area (Å²) in [4.78, 5) is 11.9. The minimum absolute atomic E-state index is 0.0590. The Bertz CT molecular complexity index is 220. The SMILES string of the molecule is CC(C)CCCOC(=O)C1(CN)CCCC1. The van der Waals surface area contributed by atoms with Crippen molar-refractivity contribution in [3.05, 3.63) is 0 Å². The van der Waals surface area contributed by atoms with Crippen LogP contribution in [0.25, 0.3) is 0 Å². The Kier molecular flexibility index (Phi) is 5.26. The molecule has 0 atom stereocenters. The highest BCUT2D eigenvalue weighted by atomic mass is 16.5. The van der Waals surface area contributed by atoms with Gasteiger partial charge in [-0.25, -0.2) is 0 Å². The first kappa shape index (κ1) is 13.5. The van der Waals surface area contributed by atoms with Crippen LogP contribution in [-0.4, -0.2) is 19.1 Å². The van der Waals surface area contributed by atoms with E-state index in [2.05, 4.69) is 13.8 Å². The van der Waals surface area contributed by atoms with Crippen LogP contribution in [0.3, 0.4) is 0 Å². The highest BCUT2D eigenvalue weighted by Crippen LogP contribution is 2.38. The summed E-state index contributed by atoms with van der Waals surface area (Å²) in [5.41, 5.74) is 5.37. The molecule has 0 spiro atoms. The largest absolute Gasteiger partial charge is 0.465 e. The normalized spacial score (nSPS) is 19.0. The maximum Gasteiger partial charge on any atom is 0.313 e. The van der Waals surface area contributed by atoms with Gasteiger partial charge in [0.25, 0.3) is 0 Å². The fourth-order valence-electron chi connectivity index (χ4n) is 2.35. The first-order valence-electron chi connectivity index (χ1n) is 6.48. The lowest BCUT2D eigenvalue weighted by atomic mass is 9.86. The molecule has 94 valence electrons. The van der Waals surface area contributed by atoms with Crippen molar-refractivity contribution < 1.29 is 9.53 Å². The van der Waals surface area contributed by atoms with Gasteiger partial charge in [-0.15, -0.1) is 0 Å². The Morgan fingerprint density at radius 3 is 2.50 bits per heavy atom. The predicted molar refractivity (Wildman–Crippen MR) is 65.0 cm³/mol. The van der Waals surface area contributed by atoms with E-state index in [-0.39, 0.29) is 11.4 Å². The van der Waals surface area contributed by atoms with Crippen LogP contribution in [0, 0.1) is 11.3 Å². The van der Waals surface area contributed by atoms with E-state index in [0.717, 1.165) is 38.5 Å². The van der Waals surface area contributed by atoms with Gasteiger partial charge in [-0.3, -0.25) is 4.79 Å². The number of nitrogens with two attached hydrogens (primary N) is 1. The second-order valence-electron chi connectivity index (χ2n) is 5.36. The topological polar surface area (TPSA) is 52.3 Å². The van der Waals surface area contributed by atoms with E-state index in [1.54, 1.807) is 0 Å². The zero-order valence-corrected chi connectivity index (χ0v) is 10.6. The molecule has 2 N–H and O–H groups in total. The van der Waals surface area contributed by atoms with E-state index < -0.39 is 0 Å². The summed E-state index contributed by atoms with van der Waals surface area (Å²) in [7, 11) is 0. The van der Waals surface area contributed by atoms with E-state index in [0.29, 0.717) is 19.1 Å². The Labute approximate surface area is 98.7 Å². The van der Waals surface area contributed by atoms with Crippen LogP contribution in [0.1, 0.15) is 52.4 Å². The van der Waals surface area contributed by atoms with Crippen molar-refractivity contribution in [3.8, 4) is 0 Å². The van der Waals surface area contributed by atoms with Crippen molar-refractivity contribution >= 4 is 5.97 Å². The fourth-order valence-corrected chi connectivity index (χ4v) is 2.35. The first-order valence-corrected chi connectivity index (χ1v) is 6.48. The third-order valence-corrected chi connectivity index (χ3v) is 3.54. The van der Waals surface area contributed by atoms with E-state index in [1.807, 2.05) is 0 Å². The molecule has 3 heteroatoms. The summed E-state index contributed by atoms with van der Waals surface area (Å²) in [5.74, 6) is 0.616. The minimum atomic E-state index is -0.349. The van der Waals surface area contributed by atoms with E-state index in [4.69, 9.17) is 10.5 Å². The molecule has 1 saturated carbocycles. The average Bonchev–Trinajstić information content (AvgIpc) is 2.73. The summed E-state index contributed by atoms with van der Waals surface area (Å²) in [5, 5.41) is 0. The van der Waals surface area contributed by atoms with Gasteiger partial charge in [0.15, 0.2) is 0 Å². The average molecular weight is 227 g/mol. The van der Waals surface area contributed by atoms with Crippen molar-refractivity contribution in [1.29, 1.82) is 0 Å². The fraction of sp³-hybridized carbons (Fsp3) is 0.923. The lowest BCUT2D eigenvalue weighted by molar-refractivity contribution is -0.155. The van der Waals surface area contributed by atoms with Gasteiger partial charge in [0, 0.05) is 6.54 Å². The van der Waals surface area contributed by atoms with Gasteiger partial charge < -0.3 is 10.5 Å². The Balaban J connectivity index is 2.28. The Hall–Kier alpha value is -0.570. The van der Waals surface area contributed by atoms with Crippen LogP contribution in [0.2, 0.25) is 0 Å². The molecule has 0 aromatic carbocycles. The first-order chi connectivity index (χ1) is 7.60. The molecule has 1 fully saturated rings. The molecule has 0 bridgehead atoms. The third kappa shape index (κ3) is 3.48. The third-order valence-electron chi connectivity index (χ3n) is 3.54. The number of hydrogen-bond acceptors (Lipinski definition) is 3. The molecule has 0 aromatic rings. The highest BCUT2D eigenvalue weighted by molar-refractivity contribution is 5.77. The van der Waals surface area contributed by atoms with Crippen LogP contribution in [0.15, 0.2) is 0 Å². The van der Waals surface area contributed by atoms with Gasteiger partial charge >= 0.3 is 5.97 Å². The smallest absolute Gasteiger partial charge is 0.313 e. The molecule has 0 radical (unpaired) electrons. The van der Waals surface area contributed by atoms with E-state index in [1.165, 1.54) is 0 Å². The molecular weight excluding hydrogens is 202 g/mol. The van der Waals surface area contributed by atoms with Crippen molar-refractivity contribution in [2.24, 2.45) is 17.1 Å². The molecule has 3 nitrogen and oxygen atoms in total. The molecule has 0 aromatic heterocycles. The zero-order chi connectivity index (χ0) is 12.0. The number of carbonyl (C=O) groups is 1. The molecule has 0 aliphatic heterocycles. The van der Waals surface area contributed by atoms with Gasteiger partial charge in [-0.05, 0) is 31.6 Å². The number of rotatable bonds is 6. The molecule has 0 unspecified atom stereocenters. The molecule has 0 saturated heterocycles. The Morgan fingerprint density at radius 2 is 2.00 bits per heavy atom. The van der Waals surface area contributed by atoms with Gasteiger partial charge in [0.05, 0.1) is 12.0 Å². The summed E-state index contributed by atoms with van der Waals surface area (Å²) < 4.78 is 5.35. The van der Waals surface area contributed by atoms with Gasteiger partial charge in [0.1, 0.15) is 0 Å². The molecule has 1 aliphatic carbocycles. The Morgan fingerprint density at radius 1 is 1.38 bits per heavy atom. The quantitative estimate of drug-likeness (QED) is 0.560. The molecule has 16 heavy (non-hydrogen) atoms. The summed E-state index contributed by atoms with van der Waals surface area (Å²) >= 11 is 0. The summed E-state index contributed by atoms with van der Waals surface area (Å²) in [6.45, 7) is 5.36. The van der Waals surface area contributed by atoms with Crippen molar-refractivity contribution in [2.45, 2.75) is 52.4 Å². The van der Waals surface area contributed by atoms with Crippen LogP contribution < -0.4 is 5.73 Å². The minimum Gasteiger partial charge on any atom is -0.465 e. The molecule has 0 amide bonds. The van der Waals surface area contributed by atoms with Crippen molar-refractivity contribution in [2.75, 3.05) is 13.2 Å². The molecule has 1 aliphatic rings. The van der Waals surface area contributed by atoms with Gasteiger partial charge in [-0.1, -0.05) is 26.7 Å². The molecule has 0 heterocycles. The maximum atomic E-state index is 11.9. The lowest BCUT2D eigenvalue weighted by Crippen LogP contribution is -2.37. The molecule has 1 rings (SSSR count). The maximum absolute atomic E-state index is 11.9. The van der Waals surface area contributed by atoms with Crippen LogP contribution >= 0.6 is 0 Å². The second kappa shape index (κ2) is 6.24. The standard InChI is InChI=1S/C13H25NO2/c1-11(2)6-5-9-16-12(15)13(10-14)7-3-4-8-13/h11H,3-10,14H2,1-2H3. The lowest BCUT2D eigenvalue weighted by Gasteiger charge is -2.24.